The second-order valence-corrected chi connectivity index (χ2v) is 8.52. The first-order valence-corrected chi connectivity index (χ1v) is 10.6. The molecule has 6 nitrogen and oxygen atoms in total. The highest BCUT2D eigenvalue weighted by atomic mass is 16.1. The molecule has 1 N–H and O–H groups in total. The molecule has 1 aliphatic rings. The lowest BCUT2D eigenvalue weighted by atomic mass is 10.0. The molecule has 3 aromatic rings. The molecule has 3 atom stereocenters. The molecule has 30 heavy (non-hydrogen) atoms. The molecule has 1 fully saturated rings. The van der Waals surface area contributed by atoms with Gasteiger partial charge in [0.25, 0.3) is 5.95 Å². The Bertz CT molecular complexity index is 1050. The molecule has 6 heteroatoms. The molecule has 1 amide bonds. The summed E-state index contributed by atoms with van der Waals surface area (Å²) in [5, 5.41) is 7.91. The van der Waals surface area contributed by atoms with E-state index in [2.05, 4.69) is 39.4 Å². The van der Waals surface area contributed by atoms with Gasteiger partial charge in [-0.3, -0.25) is 4.79 Å². The topological polar surface area (TPSA) is 72.7 Å². The Hall–Kier alpha value is -3.02. The fraction of sp³-hybridized carbons (Fsp3) is 0.417. The normalized spacial score (nSPS) is 18.8. The lowest BCUT2D eigenvalue weighted by Crippen LogP contribution is -2.31. The SMILES string of the molecule is Cc1cc(C)nc(-n2nc(C)c(CC(=O)NC(c3ccccc3)C3CC3C)c2C)n1. The molecule has 0 bridgehead atoms. The molecule has 2 heterocycles. The van der Waals surface area contributed by atoms with Gasteiger partial charge in [-0.25, -0.2) is 14.6 Å². The van der Waals surface area contributed by atoms with Gasteiger partial charge in [-0.15, -0.1) is 0 Å². The number of hydrogen-bond donors (Lipinski definition) is 1. The van der Waals surface area contributed by atoms with Gasteiger partial charge in [0.05, 0.1) is 18.2 Å². The van der Waals surface area contributed by atoms with Crippen molar-refractivity contribution < 1.29 is 4.79 Å². The second kappa shape index (κ2) is 8.01. The average molecular weight is 404 g/mol. The highest BCUT2D eigenvalue weighted by molar-refractivity contribution is 5.79. The van der Waals surface area contributed by atoms with Crippen molar-refractivity contribution in [2.75, 3.05) is 0 Å². The molecule has 2 aromatic heterocycles. The van der Waals surface area contributed by atoms with Crippen LogP contribution >= 0.6 is 0 Å². The minimum atomic E-state index is 0.0232. The van der Waals surface area contributed by atoms with Crippen LogP contribution in [0.2, 0.25) is 0 Å². The smallest absolute Gasteiger partial charge is 0.251 e. The van der Waals surface area contributed by atoms with E-state index in [0.717, 1.165) is 34.8 Å². The van der Waals surface area contributed by atoms with Crippen LogP contribution in [0.3, 0.4) is 0 Å². The lowest BCUT2D eigenvalue weighted by Gasteiger charge is -2.19. The summed E-state index contributed by atoms with van der Waals surface area (Å²) < 4.78 is 1.75. The number of amides is 1. The number of carbonyl (C=O) groups is 1. The third kappa shape index (κ3) is 4.13. The summed E-state index contributed by atoms with van der Waals surface area (Å²) in [4.78, 5) is 22.0. The maximum atomic E-state index is 13.0. The van der Waals surface area contributed by atoms with Gasteiger partial charge in [0, 0.05) is 22.6 Å². The fourth-order valence-electron chi connectivity index (χ4n) is 4.23. The van der Waals surface area contributed by atoms with Gasteiger partial charge in [-0.1, -0.05) is 37.3 Å². The summed E-state index contributed by atoms with van der Waals surface area (Å²) in [6.07, 6.45) is 1.45. The number of aryl methyl sites for hydroxylation is 3. The van der Waals surface area contributed by atoms with E-state index in [0.29, 0.717) is 24.2 Å². The molecular formula is C24H29N5O. The van der Waals surface area contributed by atoms with Crippen LogP contribution in [0.5, 0.6) is 0 Å². The van der Waals surface area contributed by atoms with Crippen LogP contribution in [0.4, 0.5) is 0 Å². The van der Waals surface area contributed by atoms with Crippen molar-refractivity contribution in [1.29, 1.82) is 0 Å². The van der Waals surface area contributed by atoms with E-state index in [1.54, 1.807) is 4.68 Å². The molecular weight excluding hydrogens is 374 g/mol. The van der Waals surface area contributed by atoms with Crippen LogP contribution < -0.4 is 5.32 Å². The van der Waals surface area contributed by atoms with E-state index in [1.807, 2.05) is 52.0 Å². The average Bonchev–Trinajstić information content (AvgIpc) is 3.36. The molecule has 1 saturated carbocycles. The second-order valence-electron chi connectivity index (χ2n) is 8.52. The highest BCUT2D eigenvalue weighted by Gasteiger charge is 2.40. The van der Waals surface area contributed by atoms with Crippen LogP contribution in [0, 0.1) is 39.5 Å². The standard InChI is InChI=1S/C24H29N5O/c1-14-11-20(14)23(19-9-7-6-8-10-19)27-22(30)13-21-17(4)28-29(18(21)5)24-25-15(2)12-16(3)26-24/h6-10,12,14,20,23H,11,13H2,1-5H3,(H,27,30). The zero-order valence-electron chi connectivity index (χ0n) is 18.3. The van der Waals surface area contributed by atoms with Crippen molar-refractivity contribution in [1.82, 2.24) is 25.1 Å². The van der Waals surface area contributed by atoms with Gasteiger partial charge in [0.2, 0.25) is 5.91 Å². The largest absolute Gasteiger partial charge is 0.349 e. The number of nitrogens with zero attached hydrogens (tertiary/aromatic N) is 4. The third-order valence-electron chi connectivity index (χ3n) is 6.01. The zero-order valence-corrected chi connectivity index (χ0v) is 18.3. The van der Waals surface area contributed by atoms with Gasteiger partial charge >= 0.3 is 0 Å². The summed E-state index contributed by atoms with van der Waals surface area (Å²) >= 11 is 0. The van der Waals surface area contributed by atoms with E-state index in [1.165, 1.54) is 5.56 Å². The maximum absolute atomic E-state index is 13.0. The minimum absolute atomic E-state index is 0.0232. The number of nitrogens with one attached hydrogen (secondary N) is 1. The Labute approximate surface area is 177 Å². The van der Waals surface area contributed by atoms with Crippen LogP contribution in [-0.2, 0) is 11.2 Å². The molecule has 0 saturated heterocycles. The first-order valence-electron chi connectivity index (χ1n) is 10.6. The molecule has 1 aromatic carbocycles. The van der Waals surface area contributed by atoms with Crippen LogP contribution in [-0.4, -0.2) is 25.7 Å². The van der Waals surface area contributed by atoms with Crippen LogP contribution in [0.15, 0.2) is 36.4 Å². The van der Waals surface area contributed by atoms with Crippen molar-refractivity contribution in [2.24, 2.45) is 11.8 Å². The Balaban J connectivity index is 1.55. The molecule has 0 aliphatic heterocycles. The maximum Gasteiger partial charge on any atom is 0.251 e. The number of rotatable bonds is 6. The van der Waals surface area contributed by atoms with Crippen LogP contribution in [0.1, 0.15) is 53.3 Å². The third-order valence-corrected chi connectivity index (χ3v) is 6.01. The lowest BCUT2D eigenvalue weighted by molar-refractivity contribution is -0.121. The Morgan fingerprint density at radius 3 is 2.37 bits per heavy atom. The van der Waals surface area contributed by atoms with Gasteiger partial charge < -0.3 is 5.32 Å². The van der Waals surface area contributed by atoms with Gasteiger partial charge in [0.1, 0.15) is 0 Å². The Morgan fingerprint density at radius 2 is 1.77 bits per heavy atom. The number of aromatic nitrogens is 4. The van der Waals surface area contributed by atoms with Crippen molar-refractivity contribution in [3.63, 3.8) is 0 Å². The minimum Gasteiger partial charge on any atom is -0.349 e. The highest BCUT2D eigenvalue weighted by Crippen LogP contribution is 2.46. The fourth-order valence-corrected chi connectivity index (χ4v) is 4.23. The van der Waals surface area contributed by atoms with E-state index in [-0.39, 0.29) is 11.9 Å². The Kier molecular flexibility index (Phi) is 5.41. The van der Waals surface area contributed by atoms with E-state index < -0.39 is 0 Å². The quantitative estimate of drug-likeness (QED) is 0.676. The van der Waals surface area contributed by atoms with Crippen LogP contribution in [0.25, 0.3) is 5.95 Å². The van der Waals surface area contributed by atoms with Gasteiger partial charge in [0.15, 0.2) is 0 Å². The van der Waals surface area contributed by atoms with E-state index in [9.17, 15) is 4.79 Å². The zero-order chi connectivity index (χ0) is 21.4. The number of hydrogen-bond acceptors (Lipinski definition) is 4. The first kappa shape index (κ1) is 20.3. The summed E-state index contributed by atoms with van der Waals surface area (Å²) in [6.45, 7) is 10.0. The van der Waals surface area contributed by atoms with Gasteiger partial charge in [-0.2, -0.15) is 5.10 Å². The summed E-state index contributed by atoms with van der Waals surface area (Å²) in [6, 6.07) is 12.3. The van der Waals surface area contributed by atoms with Crippen molar-refractivity contribution in [3.8, 4) is 5.95 Å². The molecule has 3 unspecified atom stereocenters. The molecule has 0 spiro atoms. The van der Waals surface area contributed by atoms with Crippen molar-refractivity contribution >= 4 is 5.91 Å². The monoisotopic (exact) mass is 403 g/mol. The molecule has 156 valence electrons. The Morgan fingerprint density at radius 1 is 1.13 bits per heavy atom. The van der Waals surface area contributed by atoms with Crippen molar-refractivity contribution in [2.45, 2.75) is 53.5 Å². The summed E-state index contributed by atoms with van der Waals surface area (Å²) in [7, 11) is 0. The van der Waals surface area contributed by atoms with E-state index in [4.69, 9.17) is 0 Å². The number of carbonyl (C=O) groups excluding carboxylic acids is 1. The van der Waals surface area contributed by atoms with E-state index >= 15 is 0 Å². The van der Waals surface area contributed by atoms with Crippen molar-refractivity contribution in [3.05, 3.63) is 70.3 Å². The predicted molar refractivity (Wildman–Crippen MR) is 116 cm³/mol. The van der Waals surface area contributed by atoms with Gasteiger partial charge in [-0.05, 0) is 57.6 Å². The summed E-state index contributed by atoms with van der Waals surface area (Å²) in [5.41, 5.74) is 5.64. The predicted octanol–water partition coefficient (Wildman–Crippen LogP) is 3.95. The summed E-state index contributed by atoms with van der Waals surface area (Å²) in [5.74, 6) is 1.72. The number of benzene rings is 1. The first-order chi connectivity index (χ1) is 14.3. The molecule has 0 radical (unpaired) electrons. The molecule has 4 rings (SSSR count). The molecule has 1 aliphatic carbocycles.